The summed E-state index contributed by atoms with van der Waals surface area (Å²) in [6.07, 6.45) is 2.76. The van der Waals surface area contributed by atoms with Crippen LogP contribution in [0.25, 0.3) is 22.5 Å². The van der Waals surface area contributed by atoms with Gasteiger partial charge in [-0.05, 0) is 61.0 Å². The van der Waals surface area contributed by atoms with Gasteiger partial charge in [-0.15, -0.1) is 0 Å². The summed E-state index contributed by atoms with van der Waals surface area (Å²) in [5.74, 6) is 6.63. The zero-order valence-corrected chi connectivity index (χ0v) is 47.8. The van der Waals surface area contributed by atoms with Crippen molar-refractivity contribution in [1.82, 2.24) is 44.4 Å². The smallest absolute Gasteiger partial charge is 0.408 e. The number of carboxylic acid groups (broad SMARTS) is 1. The number of likely N-dealkylation sites (tertiary alicyclic amines) is 1. The zero-order chi connectivity index (χ0) is 54.8. The molecule has 0 spiro atoms. The van der Waals surface area contributed by atoms with Crippen molar-refractivity contribution in [3.8, 4) is 34.4 Å². The Bertz CT molecular complexity index is 2680. The van der Waals surface area contributed by atoms with Crippen LogP contribution in [0.4, 0.5) is 14.4 Å². The number of aromatic nitrogens is 4. The van der Waals surface area contributed by atoms with E-state index >= 15 is 0 Å². The van der Waals surface area contributed by atoms with Gasteiger partial charge in [-0.2, -0.15) is 0 Å². The Kier molecular flexibility index (Phi) is 19.6. The highest BCUT2D eigenvalue weighted by Crippen LogP contribution is 2.35. The molecule has 2 aliphatic rings. The topological polar surface area (TPSA) is 212 Å². The lowest BCUT2D eigenvalue weighted by atomic mass is 10.0. The molecule has 19 nitrogen and oxygen atoms in total. The van der Waals surface area contributed by atoms with E-state index in [1.54, 1.807) is 13.8 Å². The van der Waals surface area contributed by atoms with Gasteiger partial charge >= 0.3 is 18.3 Å². The summed E-state index contributed by atoms with van der Waals surface area (Å²) in [5.41, 5.74) is 4.59. The summed E-state index contributed by atoms with van der Waals surface area (Å²) in [7, 11) is -0.234. The molecule has 3 N–H and O–H groups in total. The molecule has 4 aromatic rings. The van der Waals surface area contributed by atoms with Gasteiger partial charge in [-0.1, -0.05) is 103 Å². The van der Waals surface area contributed by atoms with Crippen molar-refractivity contribution in [3.63, 3.8) is 0 Å². The molecular formula is C54H77N9O10Si2. The monoisotopic (exact) mass is 1070 g/mol. The fraction of sp³-hybridized carbons (Fsp3) is 0.537. The van der Waals surface area contributed by atoms with Crippen molar-refractivity contribution in [3.05, 3.63) is 83.7 Å². The third-order valence-corrected chi connectivity index (χ3v) is 16.8. The first-order valence-corrected chi connectivity index (χ1v) is 33.2. The quantitative estimate of drug-likeness (QED) is 0.0431. The molecule has 2 aromatic heterocycles. The van der Waals surface area contributed by atoms with Crippen LogP contribution in [-0.4, -0.2) is 144 Å². The Morgan fingerprint density at radius 2 is 1.09 bits per heavy atom. The highest BCUT2D eigenvalue weighted by molar-refractivity contribution is 6.76. The summed E-state index contributed by atoms with van der Waals surface area (Å²) >= 11 is 0. The second-order valence-electron chi connectivity index (χ2n) is 22.4. The first kappa shape index (κ1) is 57.8. The van der Waals surface area contributed by atoms with E-state index in [4.69, 9.17) is 28.9 Å². The Hall–Kier alpha value is -6.48. The molecule has 2 saturated heterocycles. The third-order valence-electron chi connectivity index (χ3n) is 13.3. The minimum absolute atomic E-state index is 0.0254. The van der Waals surface area contributed by atoms with E-state index in [0.29, 0.717) is 38.0 Å². The van der Waals surface area contributed by atoms with Crippen LogP contribution in [-0.2, 0) is 42.0 Å². The van der Waals surface area contributed by atoms with Gasteiger partial charge in [-0.3, -0.25) is 14.5 Å². The molecule has 75 heavy (non-hydrogen) atoms. The van der Waals surface area contributed by atoms with E-state index in [9.17, 15) is 29.1 Å². The second-order valence-corrected chi connectivity index (χ2v) is 33.6. The van der Waals surface area contributed by atoms with E-state index in [1.807, 2.05) is 88.8 Å². The molecule has 21 heteroatoms. The Labute approximate surface area is 443 Å². The molecule has 0 bridgehead atoms. The van der Waals surface area contributed by atoms with E-state index in [2.05, 4.69) is 61.8 Å². The number of carbonyl (C=O) groups excluding carboxylic acids is 4. The maximum atomic E-state index is 14.2. The number of nitrogens with one attached hydrogen (secondary N) is 2. The van der Waals surface area contributed by atoms with Gasteiger partial charge in [0, 0.05) is 70.6 Å². The summed E-state index contributed by atoms with van der Waals surface area (Å²) in [4.78, 5) is 79.7. The highest BCUT2D eigenvalue weighted by atomic mass is 28.3. The number of nitrogens with zero attached hydrogens (tertiary/aromatic N) is 7. The first-order chi connectivity index (χ1) is 35.5. The third kappa shape index (κ3) is 15.6. The van der Waals surface area contributed by atoms with E-state index in [-0.39, 0.29) is 43.7 Å². The molecule has 406 valence electrons. The molecule has 0 radical (unpaired) electrons. The van der Waals surface area contributed by atoms with Gasteiger partial charge in [0.05, 0.1) is 44.9 Å². The molecule has 0 saturated carbocycles. The predicted molar refractivity (Wildman–Crippen MR) is 291 cm³/mol. The highest BCUT2D eigenvalue weighted by Gasteiger charge is 2.43. The molecule has 4 atom stereocenters. The van der Waals surface area contributed by atoms with E-state index in [1.165, 1.54) is 19.1 Å². The van der Waals surface area contributed by atoms with Gasteiger partial charge in [-0.25, -0.2) is 24.4 Å². The number of amides is 5. The first-order valence-electron chi connectivity index (χ1n) is 25.8. The van der Waals surface area contributed by atoms with Crippen LogP contribution in [0.15, 0.2) is 60.9 Å². The van der Waals surface area contributed by atoms with Gasteiger partial charge in [0.15, 0.2) is 0 Å². The molecule has 0 aliphatic carbocycles. The lowest BCUT2D eigenvalue weighted by molar-refractivity contribution is -0.136. The number of ether oxygens (including phenoxy) is 4. The Morgan fingerprint density at radius 1 is 0.667 bits per heavy atom. The number of rotatable bonds is 20. The van der Waals surface area contributed by atoms with Gasteiger partial charge < -0.3 is 53.6 Å². The number of hydrogen-bond donors (Lipinski definition) is 3. The van der Waals surface area contributed by atoms with Crippen molar-refractivity contribution >= 4 is 46.2 Å². The van der Waals surface area contributed by atoms with E-state index in [0.717, 1.165) is 63.6 Å². The molecule has 6 rings (SSSR count). The van der Waals surface area contributed by atoms with Crippen molar-refractivity contribution in [1.29, 1.82) is 0 Å². The van der Waals surface area contributed by atoms with Gasteiger partial charge in [0.25, 0.3) is 0 Å². The molecule has 5 amide bonds. The average molecular weight is 1070 g/mol. The zero-order valence-electron chi connectivity index (χ0n) is 45.8. The molecule has 4 unspecified atom stereocenters. The maximum absolute atomic E-state index is 14.2. The minimum atomic E-state index is -1.41. The fourth-order valence-corrected chi connectivity index (χ4v) is 10.4. The SMILES string of the molecule is COC(=O)NC(C(=O)N1CCCC1c1nc(-c2ccc(C#Cc3ccc(-c4cn(COCC[Si](C)(C)C)c(C5CN(C(=O)O)CN5C(=O)C(NC(=O)OC)C(C)C)n4)cc3)cc2)cn1COCC[Si](C)(C)C)C(C)C. The molecule has 4 heterocycles. The van der Waals surface area contributed by atoms with Crippen molar-refractivity contribution in [2.75, 3.05) is 47.2 Å². The lowest BCUT2D eigenvalue weighted by Gasteiger charge is -2.30. The van der Waals surface area contributed by atoms with Crippen molar-refractivity contribution in [2.24, 2.45) is 11.8 Å². The largest absolute Gasteiger partial charge is 0.465 e. The number of benzene rings is 2. The van der Waals surface area contributed by atoms with Crippen LogP contribution in [0.3, 0.4) is 0 Å². The normalized spacial score (nSPS) is 16.7. The van der Waals surface area contributed by atoms with Crippen molar-refractivity contribution < 1.29 is 48.0 Å². The number of carbonyl (C=O) groups is 5. The molecule has 2 aliphatic heterocycles. The standard InChI is InChI=1S/C54H77N9O10Si2/c1-36(2)46(57-52(66)70-5)50(64)62-25-13-14-44(62)48-55-42(30-60(48)34-72-26-28-74(7,8)9)40-21-17-38(18-22-40)15-16-39-19-23-41(24-20-39)43-31-61(35-73-27-29-75(10,11)12)49(56-43)45-32-59(54(68)69)33-63(45)51(65)47(37(3)4)58-53(67)71-6/h17-24,30-31,36-37,44-47H,13-14,25-29,32-35H2,1-12H3,(H,57,66)(H,58,67)(H,68,69). The maximum Gasteiger partial charge on any atom is 0.408 e. The van der Waals surface area contributed by atoms with Crippen LogP contribution in [0, 0.1) is 23.7 Å². The molecular weight excluding hydrogens is 991 g/mol. The second kappa shape index (κ2) is 25.4. The number of methoxy groups -OCH3 is 2. The predicted octanol–water partition coefficient (Wildman–Crippen LogP) is 8.68. The van der Waals surface area contributed by atoms with Crippen LogP contribution < -0.4 is 10.6 Å². The Morgan fingerprint density at radius 3 is 1.49 bits per heavy atom. The number of hydrogen-bond acceptors (Lipinski definition) is 11. The summed E-state index contributed by atoms with van der Waals surface area (Å²) in [6, 6.07) is 14.7. The summed E-state index contributed by atoms with van der Waals surface area (Å²) < 4.78 is 25.9. The van der Waals surface area contributed by atoms with Crippen LogP contribution in [0.5, 0.6) is 0 Å². The van der Waals surface area contributed by atoms with Crippen LogP contribution in [0.2, 0.25) is 51.4 Å². The van der Waals surface area contributed by atoms with Crippen LogP contribution >= 0.6 is 0 Å². The average Bonchev–Trinajstić information content (AvgIpc) is 4.19. The van der Waals surface area contributed by atoms with Crippen LogP contribution in [0.1, 0.15) is 75.4 Å². The number of alkyl carbamates (subject to hydrolysis) is 2. The van der Waals surface area contributed by atoms with E-state index < -0.39 is 58.5 Å². The summed E-state index contributed by atoms with van der Waals surface area (Å²) in [5, 5.41) is 15.4. The van der Waals surface area contributed by atoms with Gasteiger partial charge in [0.1, 0.15) is 43.2 Å². The minimum Gasteiger partial charge on any atom is -0.465 e. The van der Waals surface area contributed by atoms with Crippen molar-refractivity contribution in [2.45, 2.75) is 130 Å². The molecule has 2 aromatic carbocycles. The van der Waals surface area contributed by atoms with Gasteiger partial charge in [0.2, 0.25) is 11.8 Å². The fourth-order valence-electron chi connectivity index (χ4n) is 8.84. The Balaban J connectivity index is 1.23. The summed E-state index contributed by atoms with van der Waals surface area (Å²) in [6.45, 7) is 23.0. The molecule has 2 fully saturated rings. The lowest BCUT2D eigenvalue weighted by Crippen LogP contribution is -2.51. The number of imidazole rings is 2.